The molecule has 0 radical (unpaired) electrons. The van der Waals surface area contributed by atoms with Crippen LogP contribution in [-0.2, 0) is 9.47 Å². The van der Waals surface area contributed by atoms with Crippen LogP contribution < -0.4 is 10.1 Å². The fourth-order valence-corrected chi connectivity index (χ4v) is 3.32. The second-order valence-electron chi connectivity index (χ2n) is 6.98. The van der Waals surface area contributed by atoms with Gasteiger partial charge in [0.1, 0.15) is 5.75 Å². The molecule has 0 aliphatic carbocycles. The first kappa shape index (κ1) is 18.2. The van der Waals surface area contributed by atoms with Crippen molar-refractivity contribution in [1.29, 1.82) is 0 Å². The van der Waals surface area contributed by atoms with Crippen molar-refractivity contribution in [3.05, 3.63) is 42.0 Å². The Bertz CT molecular complexity index is 678. The van der Waals surface area contributed by atoms with Crippen molar-refractivity contribution in [2.24, 2.45) is 0 Å². The monoisotopic (exact) mass is 343 g/mol. The second-order valence-corrected chi connectivity index (χ2v) is 6.98. The minimum Gasteiger partial charge on any atom is -0.497 e. The third kappa shape index (κ3) is 4.72. The number of hydrogen-bond acceptors (Lipinski definition) is 4. The van der Waals surface area contributed by atoms with Gasteiger partial charge in [-0.25, -0.2) is 0 Å². The second kappa shape index (κ2) is 8.65. The lowest BCUT2D eigenvalue weighted by Gasteiger charge is -2.30. The fourth-order valence-electron chi connectivity index (χ4n) is 3.32. The molecule has 0 spiro atoms. The molecular formula is C21H29NO3. The maximum Gasteiger partial charge on any atom is 0.157 e. The topological polar surface area (TPSA) is 39.7 Å². The van der Waals surface area contributed by atoms with E-state index in [1.807, 2.05) is 6.07 Å². The van der Waals surface area contributed by atoms with Crippen LogP contribution in [0.4, 0.5) is 0 Å². The number of ether oxygens (including phenoxy) is 3. The Balaban J connectivity index is 1.59. The van der Waals surface area contributed by atoms with Crippen LogP contribution in [0.3, 0.4) is 0 Å². The Hall–Kier alpha value is -1.62. The lowest BCUT2D eigenvalue weighted by Crippen LogP contribution is -2.32. The molecule has 136 valence electrons. The molecule has 4 heteroatoms. The normalized spacial score (nSPS) is 21.0. The van der Waals surface area contributed by atoms with Gasteiger partial charge in [-0.15, -0.1) is 0 Å². The average molecular weight is 343 g/mol. The van der Waals surface area contributed by atoms with Gasteiger partial charge in [-0.05, 0) is 47.9 Å². The van der Waals surface area contributed by atoms with E-state index >= 15 is 0 Å². The first-order valence-corrected chi connectivity index (χ1v) is 9.20. The lowest BCUT2D eigenvalue weighted by molar-refractivity contribution is -0.189. The summed E-state index contributed by atoms with van der Waals surface area (Å²) < 4.78 is 17.3. The van der Waals surface area contributed by atoms with Gasteiger partial charge >= 0.3 is 0 Å². The van der Waals surface area contributed by atoms with Crippen LogP contribution in [0.15, 0.2) is 36.4 Å². The average Bonchev–Trinajstić information content (AvgIpc) is 2.64. The van der Waals surface area contributed by atoms with Gasteiger partial charge in [0.25, 0.3) is 0 Å². The summed E-state index contributed by atoms with van der Waals surface area (Å²) in [4.78, 5) is 0. The van der Waals surface area contributed by atoms with Gasteiger partial charge in [-0.1, -0.05) is 38.1 Å². The summed E-state index contributed by atoms with van der Waals surface area (Å²) in [6.45, 7) is 6.77. The minimum absolute atomic E-state index is 0.0692. The van der Waals surface area contributed by atoms with Crippen LogP contribution in [0.5, 0.6) is 5.75 Å². The smallest absolute Gasteiger partial charge is 0.157 e. The summed E-state index contributed by atoms with van der Waals surface area (Å²) in [5.74, 6) is 1.16. The molecule has 4 nitrogen and oxygen atoms in total. The van der Waals surface area contributed by atoms with Gasteiger partial charge in [-0.3, -0.25) is 0 Å². The highest BCUT2D eigenvalue weighted by Gasteiger charge is 2.24. The van der Waals surface area contributed by atoms with E-state index in [9.17, 15) is 0 Å². The molecule has 0 bridgehead atoms. The van der Waals surface area contributed by atoms with Gasteiger partial charge in [0, 0.05) is 12.0 Å². The molecule has 0 atom stereocenters. The van der Waals surface area contributed by atoms with Crippen molar-refractivity contribution < 1.29 is 14.2 Å². The molecule has 3 rings (SSSR count). The van der Waals surface area contributed by atoms with E-state index in [4.69, 9.17) is 14.2 Å². The van der Waals surface area contributed by atoms with E-state index in [0.717, 1.165) is 25.1 Å². The molecule has 1 fully saturated rings. The molecule has 2 aromatic rings. The van der Waals surface area contributed by atoms with Gasteiger partial charge in [0.15, 0.2) is 6.29 Å². The highest BCUT2D eigenvalue weighted by Crippen LogP contribution is 2.31. The summed E-state index contributed by atoms with van der Waals surface area (Å²) in [6, 6.07) is 13.2. The zero-order valence-corrected chi connectivity index (χ0v) is 15.5. The van der Waals surface area contributed by atoms with Crippen molar-refractivity contribution in [2.45, 2.75) is 44.9 Å². The van der Waals surface area contributed by atoms with Crippen LogP contribution in [0, 0.1) is 0 Å². The predicted octanol–water partition coefficient (Wildman–Crippen LogP) is 4.08. The summed E-state index contributed by atoms with van der Waals surface area (Å²) in [5.41, 5.74) is 1.29. The minimum atomic E-state index is -0.0692. The Kier molecular flexibility index (Phi) is 6.29. The maximum atomic E-state index is 5.97. The molecule has 25 heavy (non-hydrogen) atoms. The molecule has 2 aromatic carbocycles. The molecule has 1 aliphatic heterocycles. The first-order valence-electron chi connectivity index (χ1n) is 9.20. The molecule has 1 aliphatic rings. The Morgan fingerprint density at radius 2 is 1.96 bits per heavy atom. The van der Waals surface area contributed by atoms with E-state index in [1.165, 1.54) is 16.3 Å². The number of rotatable bonds is 7. The molecule has 0 aromatic heterocycles. The highest BCUT2D eigenvalue weighted by molar-refractivity contribution is 5.87. The Morgan fingerprint density at radius 3 is 2.68 bits per heavy atom. The largest absolute Gasteiger partial charge is 0.497 e. The molecule has 0 amide bonds. The third-order valence-electron chi connectivity index (χ3n) is 4.70. The highest BCUT2D eigenvalue weighted by atomic mass is 16.7. The summed E-state index contributed by atoms with van der Waals surface area (Å²) >= 11 is 0. The maximum absolute atomic E-state index is 5.97. The molecular weight excluding hydrogens is 314 g/mol. The predicted molar refractivity (Wildman–Crippen MR) is 101 cm³/mol. The molecule has 1 heterocycles. The van der Waals surface area contributed by atoms with E-state index in [-0.39, 0.29) is 12.2 Å². The van der Waals surface area contributed by atoms with Gasteiger partial charge < -0.3 is 19.5 Å². The zero-order valence-electron chi connectivity index (χ0n) is 15.5. The van der Waals surface area contributed by atoms with E-state index in [0.29, 0.717) is 19.3 Å². The van der Waals surface area contributed by atoms with E-state index in [2.05, 4.69) is 49.5 Å². The third-order valence-corrected chi connectivity index (χ3v) is 4.70. The molecule has 1 N–H and O–H groups in total. The van der Waals surface area contributed by atoms with Crippen LogP contribution in [0.2, 0.25) is 0 Å². The van der Waals surface area contributed by atoms with Crippen molar-refractivity contribution in [2.75, 3.05) is 26.9 Å². The summed E-state index contributed by atoms with van der Waals surface area (Å²) in [5, 5.41) is 5.87. The van der Waals surface area contributed by atoms with Crippen molar-refractivity contribution in [1.82, 2.24) is 5.32 Å². The van der Waals surface area contributed by atoms with Crippen molar-refractivity contribution in [3.8, 4) is 5.75 Å². The first-order chi connectivity index (χ1) is 12.2. The van der Waals surface area contributed by atoms with Crippen LogP contribution >= 0.6 is 0 Å². The SMILES string of the molecule is COc1ccc2c(C3COC(CCCNC(C)C)OC3)cccc2c1. The lowest BCUT2D eigenvalue weighted by atomic mass is 9.94. The molecule has 0 saturated carbocycles. The van der Waals surface area contributed by atoms with E-state index < -0.39 is 0 Å². The number of methoxy groups -OCH3 is 1. The fraction of sp³-hybridized carbons (Fsp3) is 0.524. The van der Waals surface area contributed by atoms with Gasteiger partial charge in [-0.2, -0.15) is 0 Å². The van der Waals surface area contributed by atoms with E-state index in [1.54, 1.807) is 7.11 Å². The van der Waals surface area contributed by atoms with Gasteiger partial charge in [0.2, 0.25) is 0 Å². The Labute approximate surface area is 150 Å². The number of nitrogens with one attached hydrogen (secondary N) is 1. The quantitative estimate of drug-likeness (QED) is 0.769. The van der Waals surface area contributed by atoms with Crippen molar-refractivity contribution >= 4 is 10.8 Å². The Morgan fingerprint density at radius 1 is 1.16 bits per heavy atom. The van der Waals surface area contributed by atoms with Crippen LogP contribution in [0.25, 0.3) is 10.8 Å². The molecule has 1 saturated heterocycles. The summed E-state index contributed by atoms with van der Waals surface area (Å²) in [7, 11) is 1.70. The van der Waals surface area contributed by atoms with Crippen LogP contribution in [-0.4, -0.2) is 39.2 Å². The van der Waals surface area contributed by atoms with Crippen molar-refractivity contribution in [3.63, 3.8) is 0 Å². The standard InChI is InChI=1S/C21H29NO3/c1-15(2)22-11-5-8-21-24-13-17(14-25-21)19-7-4-6-16-12-18(23-3)9-10-20(16)19/h4,6-7,9-10,12,15,17,21-22H,5,8,11,13-14H2,1-3H3. The zero-order chi connectivity index (χ0) is 17.6. The number of benzene rings is 2. The molecule has 0 unspecified atom stereocenters. The number of hydrogen-bond donors (Lipinski definition) is 1. The van der Waals surface area contributed by atoms with Crippen LogP contribution in [0.1, 0.15) is 38.2 Å². The van der Waals surface area contributed by atoms with Gasteiger partial charge in [0.05, 0.1) is 20.3 Å². The summed E-state index contributed by atoms with van der Waals surface area (Å²) in [6.07, 6.45) is 1.95. The number of fused-ring (bicyclic) bond motifs is 1.